The van der Waals surface area contributed by atoms with Gasteiger partial charge in [0.05, 0.1) is 12.7 Å². The van der Waals surface area contributed by atoms with E-state index in [9.17, 15) is 0 Å². The first-order chi connectivity index (χ1) is 9.71. The molecule has 0 spiro atoms. The van der Waals surface area contributed by atoms with Crippen LogP contribution < -0.4 is 10.6 Å². The average Bonchev–Trinajstić information content (AvgIpc) is 2.83. The molecule has 2 rings (SSSR count). The Balaban J connectivity index is 2.08. The number of nitrogens with zero attached hydrogens (tertiary/aromatic N) is 3. The molecule has 0 saturated heterocycles. The summed E-state index contributed by atoms with van der Waals surface area (Å²) in [6.45, 7) is 7.39. The molecule has 2 aromatic heterocycles. The first-order valence-electron chi connectivity index (χ1n) is 6.98. The van der Waals surface area contributed by atoms with Crippen LogP contribution in [0.5, 0.6) is 0 Å². The first kappa shape index (κ1) is 14.3. The lowest BCUT2D eigenvalue weighted by Gasteiger charge is -2.09. The predicted octanol–water partition coefficient (Wildman–Crippen LogP) is 2.77. The molecule has 0 bridgehead atoms. The smallest absolute Gasteiger partial charge is 0.213 e. The Labute approximate surface area is 119 Å². The Kier molecular flexibility index (Phi) is 4.92. The molecule has 0 aliphatic rings. The Morgan fingerprint density at radius 1 is 1.15 bits per heavy atom. The van der Waals surface area contributed by atoms with Crippen LogP contribution in [-0.4, -0.2) is 21.5 Å². The zero-order valence-corrected chi connectivity index (χ0v) is 12.2. The van der Waals surface area contributed by atoms with Crippen LogP contribution in [0.15, 0.2) is 16.7 Å². The normalized spacial score (nSPS) is 10.6. The molecule has 0 aliphatic carbocycles. The number of hydrogen-bond acceptors (Lipinski definition) is 6. The number of anilines is 2. The van der Waals surface area contributed by atoms with Gasteiger partial charge in [0.1, 0.15) is 23.2 Å². The molecule has 0 aliphatic heterocycles. The lowest BCUT2D eigenvalue weighted by atomic mass is 10.3. The van der Waals surface area contributed by atoms with Crippen molar-refractivity contribution in [1.82, 2.24) is 15.0 Å². The number of hydrogen-bond donors (Lipinski definition) is 2. The fourth-order valence-electron chi connectivity index (χ4n) is 1.84. The summed E-state index contributed by atoms with van der Waals surface area (Å²) in [5.41, 5.74) is 0. The monoisotopic (exact) mass is 275 g/mol. The number of rotatable bonds is 7. The molecule has 108 valence electrons. The first-order valence-corrected chi connectivity index (χ1v) is 6.98. The van der Waals surface area contributed by atoms with Gasteiger partial charge in [0.25, 0.3) is 0 Å². The van der Waals surface area contributed by atoms with Gasteiger partial charge in [-0.05, 0) is 20.3 Å². The molecular weight excluding hydrogens is 254 g/mol. The third kappa shape index (κ3) is 3.94. The highest BCUT2D eigenvalue weighted by Gasteiger charge is 2.05. The van der Waals surface area contributed by atoms with Gasteiger partial charge < -0.3 is 15.1 Å². The third-order valence-electron chi connectivity index (χ3n) is 2.69. The molecule has 2 N–H and O–H groups in total. The SMILES string of the molecule is CCCc1nc(NCC)cc(NCc2ncc(C)o2)n1. The summed E-state index contributed by atoms with van der Waals surface area (Å²) in [5.74, 6) is 3.94. The lowest BCUT2D eigenvalue weighted by molar-refractivity contribution is 0.478. The molecule has 0 saturated carbocycles. The maximum Gasteiger partial charge on any atom is 0.213 e. The van der Waals surface area contributed by atoms with Crippen molar-refractivity contribution in [1.29, 1.82) is 0 Å². The molecule has 2 aromatic rings. The molecular formula is C14H21N5O. The minimum Gasteiger partial charge on any atom is -0.444 e. The summed E-state index contributed by atoms with van der Waals surface area (Å²) in [4.78, 5) is 13.1. The highest BCUT2D eigenvalue weighted by Crippen LogP contribution is 2.13. The molecule has 0 unspecified atom stereocenters. The molecule has 2 heterocycles. The van der Waals surface area contributed by atoms with Gasteiger partial charge in [-0.15, -0.1) is 0 Å². The van der Waals surface area contributed by atoms with E-state index in [4.69, 9.17) is 4.42 Å². The van der Waals surface area contributed by atoms with E-state index >= 15 is 0 Å². The summed E-state index contributed by atoms with van der Waals surface area (Å²) in [5, 5.41) is 6.44. The van der Waals surface area contributed by atoms with E-state index in [1.165, 1.54) is 0 Å². The van der Waals surface area contributed by atoms with E-state index in [2.05, 4.69) is 32.5 Å². The Hall–Kier alpha value is -2.11. The van der Waals surface area contributed by atoms with Gasteiger partial charge in [0, 0.05) is 19.0 Å². The Bertz CT molecular complexity index is 528. The topological polar surface area (TPSA) is 75.9 Å². The van der Waals surface area contributed by atoms with Crippen molar-refractivity contribution >= 4 is 11.6 Å². The molecule has 0 amide bonds. The highest BCUT2D eigenvalue weighted by atomic mass is 16.4. The summed E-state index contributed by atoms with van der Waals surface area (Å²) in [6.07, 6.45) is 3.60. The second kappa shape index (κ2) is 6.88. The van der Waals surface area contributed by atoms with Gasteiger partial charge in [-0.2, -0.15) is 0 Å². The van der Waals surface area contributed by atoms with Gasteiger partial charge in [-0.25, -0.2) is 15.0 Å². The molecule has 6 nitrogen and oxygen atoms in total. The number of nitrogens with one attached hydrogen (secondary N) is 2. The summed E-state index contributed by atoms with van der Waals surface area (Å²) in [7, 11) is 0. The van der Waals surface area contributed by atoms with Crippen LogP contribution in [0.25, 0.3) is 0 Å². The number of aromatic nitrogens is 3. The van der Waals surface area contributed by atoms with Crippen molar-refractivity contribution in [3.8, 4) is 0 Å². The van der Waals surface area contributed by atoms with Crippen LogP contribution in [0.1, 0.15) is 37.7 Å². The molecule has 0 radical (unpaired) electrons. The zero-order chi connectivity index (χ0) is 14.4. The van der Waals surface area contributed by atoms with Crippen molar-refractivity contribution in [3.63, 3.8) is 0 Å². The van der Waals surface area contributed by atoms with Crippen LogP contribution in [0.2, 0.25) is 0 Å². The van der Waals surface area contributed by atoms with Crippen molar-refractivity contribution in [3.05, 3.63) is 29.7 Å². The summed E-state index contributed by atoms with van der Waals surface area (Å²) >= 11 is 0. The maximum absolute atomic E-state index is 5.43. The largest absolute Gasteiger partial charge is 0.444 e. The Morgan fingerprint density at radius 2 is 1.90 bits per heavy atom. The molecule has 0 atom stereocenters. The summed E-state index contributed by atoms with van der Waals surface area (Å²) < 4.78 is 5.43. The van der Waals surface area contributed by atoms with E-state index in [1.807, 2.05) is 19.9 Å². The van der Waals surface area contributed by atoms with Crippen LogP contribution in [0, 0.1) is 6.92 Å². The van der Waals surface area contributed by atoms with Crippen molar-refractivity contribution in [2.45, 2.75) is 40.2 Å². The van der Waals surface area contributed by atoms with Crippen LogP contribution in [0.4, 0.5) is 11.6 Å². The molecule has 0 aromatic carbocycles. The Morgan fingerprint density at radius 3 is 2.50 bits per heavy atom. The third-order valence-corrected chi connectivity index (χ3v) is 2.69. The predicted molar refractivity (Wildman–Crippen MR) is 78.8 cm³/mol. The second-order valence-corrected chi connectivity index (χ2v) is 4.55. The molecule has 20 heavy (non-hydrogen) atoms. The zero-order valence-electron chi connectivity index (χ0n) is 12.2. The van der Waals surface area contributed by atoms with Crippen LogP contribution in [-0.2, 0) is 13.0 Å². The van der Waals surface area contributed by atoms with E-state index in [1.54, 1.807) is 6.20 Å². The van der Waals surface area contributed by atoms with E-state index in [0.29, 0.717) is 12.4 Å². The average molecular weight is 275 g/mol. The minimum absolute atomic E-state index is 0.516. The van der Waals surface area contributed by atoms with Gasteiger partial charge in [0.15, 0.2) is 0 Å². The van der Waals surface area contributed by atoms with E-state index in [0.717, 1.165) is 42.6 Å². The molecule has 6 heteroatoms. The summed E-state index contributed by atoms with van der Waals surface area (Å²) in [6, 6.07) is 1.90. The quantitative estimate of drug-likeness (QED) is 0.809. The van der Waals surface area contributed by atoms with Crippen LogP contribution in [0.3, 0.4) is 0 Å². The van der Waals surface area contributed by atoms with E-state index in [-0.39, 0.29) is 0 Å². The maximum atomic E-state index is 5.43. The number of oxazole rings is 1. The van der Waals surface area contributed by atoms with E-state index < -0.39 is 0 Å². The van der Waals surface area contributed by atoms with Gasteiger partial charge in [-0.3, -0.25) is 0 Å². The van der Waals surface area contributed by atoms with Gasteiger partial charge in [0.2, 0.25) is 5.89 Å². The fourth-order valence-corrected chi connectivity index (χ4v) is 1.84. The highest BCUT2D eigenvalue weighted by molar-refractivity contribution is 5.47. The van der Waals surface area contributed by atoms with Gasteiger partial charge in [-0.1, -0.05) is 6.92 Å². The van der Waals surface area contributed by atoms with Crippen molar-refractivity contribution < 1.29 is 4.42 Å². The fraction of sp³-hybridized carbons (Fsp3) is 0.500. The van der Waals surface area contributed by atoms with Crippen LogP contribution >= 0.6 is 0 Å². The minimum atomic E-state index is 0.516. The second-order valence-electron chi connectivity index (χ2n) is 4.55. The van der Waals surface area contributed by atoms with Crippen molar-refractivity contribution in [2.75, 3.05) is 17.2 Å². The number of aryl methyl sites for hydroxylation is 2. The molecule has 0 fully saturated rings. The lowest BCUT2D eigenvalue weighted by Crippen LogP contribution is -2.08. The van der Waals surface area contributed by atoms with Crippen molar-refractivity contribution in [2.24, 2.45) is 0 Å². The van der Waals surface area contributed by atoms with Gasteiger partial charge >= 0.3 is 0 Å². The standard InChI is InChI=1S/C14H21N5O/c1-4-6-11-18-12(15-5-2)7-13(19-11)16-9-14-17-8-10(3)20-14/h7-8H,4-6,9H2,1-3H3,(H2,15,16,18,19).